The lowest BCUT2D eigenvalue weighted by atomic mass is 9.94. The molecule has 0 radical (unpaired) electrons. The Labute approximate surface area is 137 Å². The second kappa shape index (κ2) is 5.73. The molecular weight excluding hydrogens is 310 g/mol. The predicted molar refractivity (Wildman–Crippen MR) is 88.6 cm³/mol. The molecule has 6 nitrogen and oxygen atoms in total. The van der Waals surface area contributed by atoms with Crippen molar-refractivity contribution in [3.63, 3.8) is 0 Å². The highest BCUT2D eigenvalue weighted by molar-refractivity contribution is 7.11. The number of rotatable bonds is 2. The zero-order valence-electron chi connectivity index (χ0n) is 12.8. The lowest BCUT2D eigenvalue weighted by Crippen LogP contribution is -2.39. The SMILES string of the molecule is Cc1ncsc1C(=O)N1CCC[C@H](c2ccc3cn[nH]c3n2)C1. The number of fused-ring (bicyclic) bond motifs is 1. The number of pyridine rings is 1. The summed E-state index contributed by atoms with van der Waals surface area (Å²) < 4.78 is 0. The van der Waals surface area contributed by atoms with Crippen LogP contribution in [0.4, 0.5) is 0 Å². The van der Waals surface area contributed by atoms with E-state index in [1.165, 1.54) is 11.3 Å². The molecule has 0 spiro atoms. The molecule has 1 N–H and O–H groups in total. The Bertz CT molecular complexity index is 855. The standard InChI is InChI=1S/C16H17N5OS/c1-10-14(23-9-17-10)16(22)21-6-2-3-12(8-21)13-5-4-11-7-18-20-15(11)19-13/h4-5,7,9,12H,2-3,6,8H2,1H3,(H,18,19,20)/t12-/m0/s1. The molecule has 3 aromatic rings. The van der Waals surface area contributed by atoms with Crippen molar-refractivity contribution < 1.29 is 4.79 Å². The van der Waals surface area contributed by atoms with Gasteiger partial charge in [0.05, 0.1) is 17.4 Å². The molecule has 1 saturated heterocycles. The van der Waals surface area contributed by atoms with Crippen molar-refractivity contribution in [2.75, 3.05) is 13.1 Å². The number of hydrogen-bond acceptors (Lipinski definition) is 5. The van der Waals surface area contributed by atoms with E-state index in [1.54, 1.807) is 11.7 Å². The lowest BCUT2D eigenvalue weighted by Gasteiger charge is -2.32. The fraction of sp³-hybridized carbons (Fsp3) is 0.375. The number of likely N-dealkylation sites (tertiary alicyclic amines) is 1. The lowest BCUT2D eigenvalue weighted by molar-refractivity contribution is 0.0710. The highest BCUT2D eigenvalue weighted by Crippen LogP contribution is 2.28. The van der Waals surface area contributed by atoms with Crippen LogP contribution in [0.5, 0.6) is 0 Å². The van der Waals surface area contributed by atoms with Crippen LogP contribution in [0.2, 0.25) is 0 Å². The van der Waals surface area contributed by atoms with E-state index >= 15 is 0 Å². The Morgan fingerprint density at radius 2 is 2.35 bits per heavy atom. The maximum absolute atomic E-state index is 12.7. The van der Waals surface area contributed by atoms with E-state index in [0.29, 0.717) is 6.54 Å². The van der Waals surface area contributed by atoms with Crippen LogP contribution in [0.25, 0.3) is 11.0 Å². The first-order valence-corrected chi connectivity index (χ1v) is 8.60. The molecule has 7 heteroatoms. The number of H-pyrrole nitrogens is 1. The number of aryl methyl sites for hydroxylation is 1. The maximum Gasteiger partial charge on any atom is 0.265 e. The normalized spacial score (nSPS) is 18.5. The number of carbonyl (C=O) groups excluding carboxylic acids is 1. The van der Waals surface area contributed by atoms with E-state index < -0.39 is 0 Å². The molecule has 0 saturated carbocycles. The molecule has 0 unspecified atom stereocenters. The van der Waals surface area contributed by atoms with Crippen LogP contribution in [-0.4, -0.2) is 44.1 Å². The van der Waals surface area contributed by atoms with Crippen molar-refractivity contribution in [1.82, 2.24) is 25.1 Å². The molecule has 1 amide bonds. The summed E-state index contributed by atoms with van der Waals surface area (Å²) in [6.45, 7) is 3.40. The quantitative estimate of drug-likeness (QED) is 0.785. The fourth-order valence-electron chi connectivity index (χ4n) is 3.12. The Kier molecular flexibility index (Phi) is 3.57. The average molecular weight is 327 g/mol. The molecule has 3 aromatic heterocycles. The molecule has 1 atom stereocenters. The van der Waals surface area contributed by atoms with Gasteiger partial charge >= 0.3 is 0 Å². The molecule has 4 heterocycles. The molecule has 118 valence electrons. The first-order chi connectivity index (χ1) is 11.2. The Hall–Kier alpha value is -2.28. The van der Waals surface area contributed by atoms with Gasteiger partial charge < -0.3 is 4.90 Å². The van der Waals surface area contributed by atoms with Gasteiger partial charge in [0.2, 0.25) is 0 Å². The number of thiazole rings is 1. The average Bonchev–Trinajstić information content (AvgIpc) is 3.22. The number of piperidine rings is 1. The first kappa shape index (κ1) is 14.3. The minimum Gasteiger partial charge on any atom is -0.337 e. The summed E-state index contributed by atoms with van der Waals surface area (Å²) in [5, 5.41) is 7.94. The smallest absolute Gasteiger partial charge is 0.265 e. The van der Waals surface area contributed by atoms with Gasteiger partial charge in [0.15, 0.2) is 5.65 Å². The first-order valence-electron chi connectivity index (χ1n) is 7.72. The molecule has 4 rings (SSSR count). The van der Waals surface area contributed by atoms with Crippen molar-refractivity contribution in [3.8, 4) is 0 Å². The third kappa shape index (κ3) is 2.61. The van der Waals surface area contributed by atoms with E-state index in [-0.39, 0.29) is 11.8 Å². The minimum atomic E-state index is 0.0947. The number of hydrogen-bond donors (Lipinski definition) is 1. The van der Waals surface area contributed by atoms with Crippen molar-refractivity contribution in [2.45, 2.75) is 25.7 Å². The predicted octanol–water partition coefficient (Wildman–Crippen LogP) is 2.74. The van der Waals surface area contributed by atoms with Crippen molar-refractivity contribution in [1.29, 1.82) is 0 Å². The number of nitrogens with zero attached hydrogens (tertiary/aromatic N) is 4. The van der Waals surface area contributed by atoms with Gasteiger partial charge in [-0.3, -0.25) is 9.89 Å². The second-order valence-electron chi connectivity index (χ2n) is 5.90. The Balaban J connectivity index is 1.56. The van der Waals surface area contributed by atoms with Gasteiger partial charge in [0, 0.05) is 30.1 Å². The van der Waals surface area contributed by atoms with Gasteiger partial charge in [-0.2, -0.15) is 5.10 Å². The molecule has 1 aliphatic rings. The number of nitrogens with one attached hydrogen (secondary N) is 1. The summed E-state index contributed by atoms with van der Waals surface area (Å²) in [4.78, 5) is 24.2. The monoisotopic (exact) mass is 327 g/mol. The summed E-state index contributed by atoms with van der Waals surface area (Å²) in [5.41, 5.74) is 4.39. The summed E-state index contributed by atoms with van der Waals surface area (Å²) in [6, 6.07) is 4.09. The summed E-state index contributed by atoms with van der Waals surface area (Å²) in [6.07, 6.45) is 3.82. The van der Waals surface area contributed by atoms with Crippen LogP contribution in [0, 0.1) is 6.92 Å². The van der Waals surface area contributed by atoms with E-state index in [0.717, 1.165) is 46.7 Å². The fourth-order valence-corrected chi connectivity index (χ4v) is 3.89. The molecular formula is C16H17N5OS. The van der Waals surface area contributed by atoms with Gasteiger partial charge in [-0.05, 0) is 31.9 Å². The Morgan fingerprint density at radius 1 is 1.43 bits per heavy atom. The van der Waals surface area contributed by atoms with Crippen LogP contribution < -0.4 is 0 Å². The molecule has 1 aliphatic heterocycles. The molecule has 0 aliphatic carbocycles. The molecule has 0 bridgehead atoms. The van der Waals surface area contributed by atoms with E-state index in [4.69, 9.17) is 0 Å². The highest BCUT2D eigenvalue weighted by Gasteiger charge is 2.28. The topological polar surface area (TPSA) is 74.8 Å². The molecule has 23 heavy (non-hydrogen) atoms. The highest BCUT2D eigenvalue weighted by atomic mass is 32.1. The van der Waals surface area contributed by atoms with Crippen LogP contribution in [-0.2, 0) is 0 Å². The number of carbonyl (C=O) groups is 1. The second-order valence-corrected chi connectivity index (χ2v) is 6.76. The van der Waals surface area contributed by atoms with Crippen LogP contribution in [0.3, 0.4) is 0 Å². The van der Waals surface area contributed by atoms with Crippen LogP contribution >= 0.6 is 11.3 Å². The zero-order chi connectivity index (χ0) is 15.8. The minimum absolute atomic E-state index is 0.0947. The number of aromatic nitrogens is 4. The van der Waals surface area contributed by atoms with Crippen LogP contribution in [0.1, 0.15) is 39.8 Å². The van der Waals surface area contributed by atoms with Gasteiger partial charge in [0.25, 0.3) is 5.91 Å². The Morgan fingerprint density at radius 3 is 3.17 bits per heavy atom. The largest absolute Gasteiger partial charge is 0.337 e. The number of amides is 1. The van der Waals surface area contributed by atoms with Gasteiger partial charge in [-0.15, -0.1) is 11.3 Å². The molecule has 0 aromatic carbocycles. The van der Waals surface area contributed by atoms with Gasteiger partial charge in [-0.25, -0.2) is 9.97 Å². The van der Waals surface area contributed by atoms with Crippen molar-refractivity contribution in [3.05, 3.63) is 40.1 Å². The van der Waals surface area contributed by atoms with E-state index in [2.05, 4.69) is 26.2 Å². The zero-order valence-corrected chi connectivity index (χ0v) is 13.6. The maximum atomic E-state index is 12.7. The van der Waals surface area contributed by atoms with E-state index in [9.17, 15) is 4.79 Å². The summed E-state index contributed by atoms with van der Waals surface area (Å²) in [5.74, 6) is 0.367. The third-order valence-electron chi connectivity index (χ3n) is 4.39. The third-order valence-corrected chi connectivity index (χ3v) is 5.31. The van der Waals surface area contributed by atoms with E-state index in [1.807, 2.05) is 17.9 Å². The number of aromatic amines is 1. The van der Waals surface area contributed by atoms with Crippen LogP contribution in [0.15, 0.2) is 23.8 Å². The summed E-state index contributed by atoms with van der Waals surface area (Å²) >= 11 is 1.42. The van der Waals surface area contributed by atoms with Crippen molar-refractivity contribution >= 4 is 28.3 Å². The van der Waals surface area contributed by atoms with Gasteiger partial charge in [-0.1, -0.05) is 0 Å². The van der Waals surface area contributed by atoms with Gasteiger partial charge in [0.1, 0.15) is 4.88 Å². The van der Waals surface area contributed by atoms with Crippen molar-refractivity contribution in [2.24, 2.45) is 0 Å². The molecule has 1 fully saturated rings. The summed E-state index contributed by atoms with van der Waals surface area (Å²) in [7, 11) is 0.